The zero-order valence-corrected chi connectivity index (χ0v) is 11.2. The van der Waals surface area contributed by atoms with Gasteiger partial charge >= 0.3 is 0 Å². The number of aryl methyl sites for hydroxylation is 1. The molecule has 0 aliphatic carbocycles. The van der Waals surface area contributed by atoms with E-state index in [9.17, 15) is 4.79 Å². The second-order valence-corrected chi connectivity index (χ2v) is 4.36. The second-order valence-electron chi connectivity index (χ2n) is 4.36. The van der Waals surface area contributed by atoms with Crippen molar-refractivity contribution in [2.24, 2.45) is 0 Å². The van der Waals surface area contributed by atoms with Crippen molar-refractivity contribution in [3.05, 3.63) is 59.3 Å². The molecule has 0 aliphatic heterocycles. The van der Waals surface area contributed by atoms with Crippen LogP contribution < -0.4 is 4.74 Å². The van der Waals surface area contributed by atoms with Crippen LogP contribution >= 0.6 is 0 Å². The van der Waals surface area contributed by atoms with E-state index in [2.05, 4.69) is 11.9 Å². The summed E-state index contributed by atoms with van der Waals surface area (Å²) < 4.78 is 4.99. The van der Waals surface area contributed by atoms with Crippen LogP contribution in [0.2, 0.25) is 0 Å². The standard InChI is InChI=1S/C16H17NO2/c1-3-12-5-4-6-14(9-12)15(18)10-13-7-8-16(19-2)17-11-13/h4-9,11H,3,10H2,1-2H3. The van der Waals surface area contributed by atoms with Gasteiger partial charge < -0.3 is 4.74 Å². The monoisotopic (exact) mass is 255 g/mol. The molecule has 0 amide bonds. The third kappa shape index (κ3) is 3.41. The molecular weight excluding hydrogens is 238 g/mol. The van der Waals surface area contributed by atoms with E-state index < -0.39 is 0 Å². The van der Waals surface area contributed by atoms with Crippen molar-refractivity contribution < 1.29 is 9.53 Å². The van der Waals surface area contributed by atoms with Crippen molar-refractivity contribution in [1.82, 2.24) is 4.98 Å². The van der Waals surface area contributed by atoms with Crippen LogP contribution in [0.15, 0.2) is 42.6 Å². The number of pyridine rings is 1. The average molecular weight is 255 g/mol. The molecule has 98 valence electrons. The summed E-state index contributed by atoms with van der Waals surface area (Å²) in [6, 6.07) is 11.4. The molecule has 0 radical (unpaired) electrons. The van der Waals surface area contributed by atoms with Crippen molar-refractivity contribution >= 4 is 5.78 Å². The first kappa shape index (κ1) is 13.3. The summed E-state index contributed by atoms with van der Waals surface area (Å²) in [5.74, 6) is 0.673. The van der Waals surface area contributed by atoms with Crippen LogP contribution in [-0.2, 0) is 12.8 Å². The molecule has 1 aromatic heterocycles. The molecule has 3 nitrogen and oxygen atoms in total. The molecule has 19 heavy (non-hydrogen) atoms. The molecule has 0 aliphatic rings. The van der Waals surface area contributed by atoms with Gasteiger partial charge in [0.25, 0.3) is 0 Å². The fourth-order valence-corrected chi connectivity index (χ4v) is 1.89. The first-order valence-corrected chi connectivity index (χ1v) is 6.34. The Hall–Kier alpha value is -2.16. The average Bonchev–Trinajstić information content (AvgIpc) is 2.48. The van der Waals surface area contributed by atoms with E-state index in [1.54, 1.807) is 19.4 Å². The molecular formula is C16H17NO2. The summed E-state index contributed by atoms with van der Waals surface area (Å²) >= 11 is 0. The lowest BCUT2D eigenvalue weighted by Crippen LogP contribution is -2.04. The molecule has 0 unspecified atom stereocenters. The number of benzene rings is 1. The number of carbonyl (C=O) groups is 1. The summed E-state index contributed by atoms with van der Waals surface area (Å²) in [4.78, 5) is 16.3. The molecule has 0 atom stereocenters. The first-order valence-electron chi connectivity index (χ1n) is 6.34. The number of ketones is 1. The highest BCUT2D eigenvalue weighted by molar-refractivity contribution is 5.97. The summed E-state index contributed by atoms with van der Waals surface area (Å²) in [5, 5.41) is 0. The van der Waals surface area contributed by atoms with Crippen molar-refractivity contribution in [2.75, 3.05) is 7.11 Å². The lowest BCUT2D eigenvalue weighted by Gasteiger charge is -2.04. The zero-order chi connectivity index (χ0) is 13.7. The van der Waals surface area contributed by atoms with E-state index >= 15 is 0 Å². The van der Waals surface area contributed by atoms with Gasteiger partial charge in [0, 0.05) is 24.2 Å². The number of hydrogen-bond donors (Lipinski definition) is 0. The predicted molar refractivity (Wildman–Crippen MR) is 74.6 cm³/mol. The quantitative estimate of drug-likeness (QED) is 0.771. The Labute approximate surface area is 113 Å². The Balaban J connectivity index is 2.11. The molecule has 0 bridgehead atoms. The number of nitrogens with zero attached hydrogens (tertiary/aromatic N) is 1. The summed E-state index contributed by atoms with van der Waals surface area (Å²) in [5.41, 5.74) is 2.83. The predicted octanol–water partition coefficient (Wildman–Crippen LogP) is 3.08. The zero-order valence-electron chi connectivity index (χ0n) is 11.2. The van der Waals surface area contributed by atoms with Gasteiger partial charge in [-0.05, 0) is 23.6 Å². The number of hydrogen-bond acceptors (Lipinski definition) is 3. The van der Waals surface area contributed by atoms with Gasteiger partial charge in [0.05, 0.1) is 7.11 Å². The molecule has 2 rings (SSSR count). The number of rotatable bonds is 5. The maximum atomic E-state index is 12.2. The summed E-state index contributed by atoms with van der Waals surface area (Å²) in [6.07, 6.45) is 2.98. The smallest absolute Gasteiger partial charge is 0.212 e. The Morgan fingerprint density at radius 1 is 1.21 bits per heavy atom. The number of aromatic nitrogens is 1. The highest BCUT2D eigenvalue weighted by Gasteiger charge is 2.08. The Morgan fingerprint density at radius 3 is 2.68 bits per heavy atom. The van der Waals surface area contributed by atoms with Gasteiger partial charge in [0.15, 0.2) is 5.78 Å². The van der Waals surface area contributed by atoms with Gasteiger partial charge in [0.1, 0.15) is 0 Å². The maximum Gasteiger partial charge on any atom is 0.212 e. The molecule has 0 saturated carbocycles. The first-order chi connectivity index (χ1) is 9.22. The molecule has 1 heterocycles. The van der Waals surface area contributed by atoms with Gasteiger partial charge in [-0.15, -0.1) is 0 Å². The molecule has 0 N–H and O–H groups in total. The van der Waals surface area contributed by atoms with E-state index in [1.807, 2.05) is 30.3 Å². The summed E-state index contributed by atoms with van der Waals surface area (Å²) in [6.45, 7) is 2.08. The molecule has 0 spiro atoms. The van der Waals surface area contributed by atoms with Crippen molar-refractivity contribution in [3.8, 4) is 5.88 Å². The Bertz CT molecular complexity index is 561. The second kappa shape index (κ2) is 6.14. The van der Waals surface area contributed by atoms with Crippen molar-refractivity contribution in [3.63, 3.8) is 0 Å². The fourth-order valence-electron chi connectivity index (χ4n) is 1.89. The highest BCUT2D eigenvalue weighted by atomic mass is 16.5. The van der Waals surface area contributed by atoms with Crippen LogP contribution in [0.25, 0.3) is 0 Å². The van der Waals surface area contributed by atoms with E-state index in [0.29, 0.717) is 12.3 Å². The molecule has 2 aromatic rings. The fraction of sp³-hybridized carbons (Fsp3) is 0.250. The lowest BCUT2D eigenvalue weighted by atomic mass is 10.0. The maximum absolute atomic E-state index is 12.2. The van der Waals surface area contributed by atoms with Crippen LogP contribution in [-0.4, -0.2) is 17.9 Å². The topological polar surface area (TPSA) is 39.2 Å². The van der Waals surface area contributed by atoms with Crippen molar-refractivity contribution in [2.45, 2.75) is 19.8 Å². The van der Waals surface area contributed by atoms with Crippen LogP contribution in [0.1, 0.15) is 28.4 Å². The van der Waals surface area contributed by atoms with E-state index in [1.165, 1.54) is 5.56 Å². The number of methoxy groups -OCH3 is 1. The van der Waals surface area contributed by atoms with Crippen LogP contribution in [0.3, 0.4) is 0 Å². The van der Waals surface area contributed by atoms with Gasteiger partial charge in [-0.1, -0.05) is 31.2 Å². The van der Waals surface area contributed by atoms with E-state index in [4.69, 9.17) is 4.74 Å². The van der Waals surface area contributed by atoms with E-state index in [0.717, 1.165) is 17.5 Å². The normalized spacial score (nSPS) is 10.2. The minimum absolute atomic E-state index is 0.113. The number of carbonyl (C=O) groups excluding carboxylic acids is 1. The minimum Gasteiger partial charge on any atom is -0.481 e. The molecule has 1 aromatic carbocycles. The van der Waals surface area contributed by atoms with Crippen LogP contribution in [0, 0.1) is 0 Å². The van der Waals surface area contributed by atoms with Gasteiger partial charge in [-0.25, -0.2) is 4.98 Å². The van der Waals surface area contributed by atoms with Crippen LogP contribution in [0.4, 0.5) is 0 Å². The van der Waals surface area contributed by atoms with Gasteiger partial charge in [0.2, 0.25) is 5.88 Å². The Morgan fingerprint density at radius 2 is 2.05 bits per heavy atom. The molecule has 0 saturated heterocycles. The Kier molecular flexibility index (Phi) is 4.29. The lowest BCUT2D eigenvalue weighted by molar-refractivity contribution is 0.0992. The molecule has 3 heteroatoms. The number of ether oxygens (including phenoxy) is 1. The minimum atomic E-state index is 0.113. The van der Waals surface area contributed by atoms with E-state index in [-0.39, 0.29) is 5.78 Å². The van der Waals surface area contributed by atoms with Gasteiger partial charge in [-0.2, -0.15) is 0 Å². The SMILES string of the molecule is CCc1cccc(C(=O)Cc2ccc(OC)nc2)c1. The third-order valence-corrected chi connectivity index (χ3v) is 3.03. The third-order valence-electron chi connectivity index (χ3n) is 3.03. The largest absolute Gasteiger partial charge is 0.481 e. The highest BCUT2D eigenvalue weighted by Crippen LogP contribution is 2.12. The molecule has 0 fully saturated rings. The number of Topliss-reactive ketones (excluding diaryl/α,β-unsaturated/α-hetero) is 1. The van der Waals surface area contributed by atoms with Gasteiger partial charge in [-0.3, -0.25) is 4.79 Å². The van der Waals surface area contributed by atoms with Crippen molar-refractivity contribution in [1.29, 1.82) is 0 Å². The summed E-state index contributed by atoms with van der Waals surface area (Å²) in [7, 11) is 1.57. The van der Waals surface area contributed by atoms with Crippen LogP contribution in [0.5, 0.6) is 5.88 Å².